The van der Waals surface area contributed by atoms with Crippen molar-refractivity contribution in [3.63, 3.8) is 0 Å². The maximum absolute atomic E-state index is 12.0. The number of ketones is 1. The van der Waals surface area contributed by atoms with Gasteiger partial charge in [-0.2, -0.15) is 0 Å². The van der Waals surface area contributed by atoms with Crippen molar-refractivity contribution in [2.45, 2.75) is 13.3 Å². The lowest BCUT2D eigenvalue weighted by Gasteiger charge is -2.01. The second-order valence-electron chi connectivity index (χ2n) is 3.73. The zero-order valence-corrected chi connectivity index (χ0v) is 9.88. The van der Waals surface area contributed by atoms with E-state index in [1.807, 2.05) is 42.6 Å². The Morgan fingerprint density at radius 1 is 1.25 bits per heavy atom. The SMILES string of the molecule is Cc1sccc1C(=O)Cc1ccc(N)cc1. The summed E-state index contributed by atoms with van der Waals surface area (Å²) in [6.07, 6.45) is 0.442. The number of carbonyl (C=O) groups excluding carboxylic acids is 1. The molecule has 2 nitrogen and oxygen atoms in total. The smallest absolute Gasteiger partial charge is 0.168 e. The number of aryl methyl sites for hydroxylation is 1. The van der Waals surface area contributed by atoms with Gasteiger partial charge in [0.05, 0.1) is 0 Å². The van der Waals surface area contributed by atoms with E-state index >= 15 is 0 Å². The first-order valence-electron chi connectivity index (χ1n) is 5.08. The highest BCUT2D eigenvalue weighted by Crippen LogP contribution is 2.17. The molecule has 0 aliphatic carbocycles. The highest BCUT2D eigenvalue weighted by molar-refractivity contribution is 7.10. The quantitative estimate of drug-likeness (QED) is 0.651. The van der Waals surface area contributed by atoms with E-state index in [1.165, 1.54) is 0 Å². The number of carbonyl (C=O) groups is 1. The van der Waals surface area contributed by atoms with Crippen LogP contribution in [0.2, 0.25) is 0 Å². The molecule has 0 unspecified atom stereocenters. The second kappa shape index (κ2) is 4.49. The van der Waals surface area contributed by atoms with Gasteiger partial charge in [-0.1, -0.05) is 12.1 Å². The lowest BCUT2D eigenvalue weighted by Crippen LogP contribution is -2.03. The van der Waals surface area contributed by atoms with E-state index in [2.05, 4.69) is 0 Å². The van der Waals surface area contributed by atoms with Crippen LogP contribution >= 0.6 is 11.3 Å². The van der Waals surface area contributed by atoms with Crippen molar-refractivity contribution in [1.82, 2.24) is 0 Å². The second-order valence-corrected chi connectivity index (χ2v) is 4.85. The van der Waals surface area contributed by atoms with E-state index in [0.29, 0.717) is 6.42 Å². The third kappa shape index (κ3) is 2.31. The minimum atomic E-state index is 0.170. The molecule has 1 heterocycles. The minimum absolute atomic E-state index is 0.170. The number of nitrogen functional groups attached to an aromatic ring is 1. The van der Waals surface area contributed by atoms with Gasteiger partial charge in [-0.05, 0) is 36.1 Å². The molecule has 0 radical (unpaired) electrons. The molecule has 0 saturated carbocycles. The van der Waals surface area contributed by atoms with Crippen LogP contribution in [0.1, 0.15) is 20.8 Å². The van der Waals surface area contributed by atoms with Crippen molar-refractivity contribution in [2.24, 2.45) is 0 Å². The number of anilines is 1. The molecule has 0 atom stereocenters. The van der Waals surface area contributed by atoms with E-state index in [0.717, 1.165) is 21.7 Å². The van der Waals surface area contributed by atoms with Crippen LogP contribution in [0.5, 0.6) is 0 Å². The molecule has 0 bridgehead atoms. The molecule has 3 heteroatoms. The van der Waals surface area contributed by atoms with Gasteiger partial charge in [0, 0.05) is 22.5 Å². The van der Waals surface area contributed by atoms with Crippen LogP contribution in [-0.4, -0.2) is 5.78 Å². The molecule has 0 spiro atoms. The fourth-order valence-corrected chi connectivity index (χ4v) is 2.31. The zero-order valence-electron chi connectivity index (χ0n) is 9.07. The fraction of sp³-hybridized carbons (Fsp3) is 0.154. The van der Waals surface area contributed by atoms with Gasteiger partial charge >= 0.3 is 0 Å². The van der Waals surface area contributed by atoms with Gasteiger partial charge in [-0.15, -0.1) is 11.3 Å². The maximum Gasteiger partial charge on any atom is 0.168 e. The van der Waals surface area contributed by atoms with Gasteiger partial charge in [0.15, 0.2) is 5.78 Å². The lowest BCUT2D eigenvalue weighted by molar-refractivity contribution is 0.0993. The highest BCUT2D eigenvalue weighted by atomic mass is 32.1. The fourth-order valence-electron chi connectivity index (χ4n) is 1.59. The Hall–Kier alpha value is -1.61. The Labute approximate surface area is 98.7 Å². The summed E-state index contributed by atoms with van der Waals surface area (Å²) in [6.45, 7) is 1.97. The van der Waals surface area contributed by atoms with E-state index in [4.69, 9.17) is 5.73 Å². The number of nitrogens with two attached hydrogens (primary N) is 1. The Bertz CT molecular complexity index is 499. The van der Waals surface area contributed by atoms with E-state index in [9.17, 15) is 4.79 Å². The van der Waals surface area contributed by atoms with Gasteiger partial charge in [0.1, 0.15) is 0 Å². The van der Waals surface area contributed by atoms with Crippen molar-refractivity contribution in [3.8, 4) is 0 Å². The molecule has 0 aliphatic rings. The molecule has 0 fully saturated rings. The molecule has 1 aromatic heterocycles. The number of hydrogen-bond donors (Lipinski definition) is 1. The number of benzene rings is 1. The third-order valence-electron chi connectivity index (χ3n) is 2.50. The third-order valence-corrected chi connectivity index (χ3v) is 3.35. The van der Waals surface area contributed by atoms with Crippen LogP contribution < -0.4 is 5.73 Å². The molecule has 1 aromatic carbocycles. The number of thiophene rings is 1. The van der Waals surface area contributed by atoms with Gasteiger partial charge in [0.2, 0.25) is 0 Å². The Morgan fingerprint density at radius 2 is 1.94 bits per heavy atom. The average molecular weight is 231 g/mol. The van der Waals surface area contributed by atoms with Crippen LogP contribution in [0.15, 0.2) is 35.7 Å². The minimum Gasteiger partial charge on any atom is -0.399 e. The number of Topliss-reactive ketones (excluding diaryl/α,β-unsaturated/α-hetero) is 1. The van der Waals surface area contributed by atoms with E-state index in [1.54, 1.807) is 11.3 Å². The van der Waals surface area contributed by atoms with E-state index < -0.39 is 0 Å². The Kier molecular flexibility index (Phi) is 3.06. The molecular formula is C13H13NOS. The maximum atomic E-state index is 12.0. The van der Waals surface area contributed by atoms with Gasteiger partial charge in [0.25, 0.3) is 0 Å². The topological polar surface area (TPSA) is 43.1 Å². The highest BCUT2D eigenvalue weighted by Gasteiger charge is 2.10. The van der Waals surface area contributed by atoms with Crippen molar-refractivity contribution in [1.29, 1.82) is 0 Å². The predicted octanol–water partition coefficient (Wildman–Crippen LogP) is 3.06. The van der Waals surface area contributed by atoms with Crippen LogP contribution in [0.3, 0.4) is 0 Å². The van der Waals surface area contributed by atoms with E-state index in [-0.39, 0.29) is 5.78 Å². The molecule has 0 amide bonds. The largest absolute Gasteiger partial charge is 0.399 e. The Morgan fingerprint density at radius 3 is 2.50 bits per heavy atom. The van der Waals surface area contributed by atoms with Crippen molar-refractivity contribution >= 4 is 22.8 Å². The van der Waals surface area contributed by atoms with Crippen molar-refractivity contribution < 1.29 is 4.79 Å². The van der Waals surface area contributed by atoms with Crippen LogP contribution in [-0.2, 0) is 6.42 Å². The monoisotopic (exact) mass is 231 g/mol. The first kappa shape index (κ1) is 10.9. The molecule has 16 heavy (non-hydrogen) atoms. The van der Waals surface area contributed by atoms with Crippen LogP contribution in [0.25, 0.3) is 0 Å². The molecule has 2 N–H and O–H groups in total. The van der Waals surface area contributed by atoms with Crippen LogP contribution in [0, 0.1) is 6.92 Å². The Balaban J connectivity index is 2.14. The van der Waals surface area contributed by atoms with Crippen molar-refractivity contribution in [2.75, 3.05) is 5.73 Å². The summed E-state index contributed by atoms with van der Waals surface area (Å²) in [4.78, 5) is 13.0. The summed E-state index contributed by atoms with van der Waals surface area (Å²) in [7, 11) is 0. The molecular weight excluding hydrogens is 218 g/mol. The molecule has 2 rings (SSSR count). The van der Waals surface area contributed by atoms with Crippen LogP contribution in [0.4, 0.5) is 5.69 Å². The molecule has 2 aromatic rings. The van der Waals surface area contributed by atoms with Crippen molar-refractivity contribution in [3.05, 3.63) is 51.7 Å². The number of rotatable bonds is 3. The van der Waals surface area contributed by atoms with Gasteiger partial charge in [-0.25, -0.2) is 0 Å². The molecule has 0 saturated heterocycles. The normalized spacial score (nSPS) is 10.3. The summed E-state index contributed by atoms with van der Waals surface area (Å²) in [6, 6.07) is 9.33. The lowest BCUT2D eigenvalue weighted by atomic mass is 10.0. The summed E-state index contributed by atoms with van der Waals surface area (Å²) < 4.78 is 0. The van der Waals surface area contributed by atoms with Gasteiger partial charge < -0.3 is 5.73 Å². The summed E-state index contributed by atoms with van der Waals surface area (Å²) in [5, 5.41) is 1.95. The average Bonchev–Trinajstić information content (AvgIpc) is 2.68. The molecule has 82 valence electrons. The predicted molar refractivity (Wildman–Crippen MR) is 67.9 cm³/mol. The number of hydrogen-bond acceptors (Lipinski definition) is 3. The van der Waals surface area contributed by atoms with Gasteiger partial charge in [-0.3, -0.25) is 4.79 Å². The zero-order chi connectivity index (χ0) is 11.5. The molecule has 0 aliphatic heterocycles. The summed E-state index contributed by atoms with van der Waals surface area (Å²) in [5.74, 6) is 0.170. The standard InChI is InChI=1S/C13H13NOS/c1-9-12(6-7-16-9)13(15)8-10-2-4-11(14)5-3-10/h2-7H,8,14H2,1H3. The first-order chi connectivity index (χ1) is 7.66. The first-order valence-corrected chi connectivity index (χ1v) is 5.96. The summed E-state index contributed by atoms with van der Waals surface area (Å²) in [5.41, 5.74) is 8.16. The summed E-state index contributed by atoms with van der Waals surface area (Å²) >= 11 is 1.60.